The molecule has 130 valence electrons. The van der Waals surface area contributed by atoms with E-state index in [9.17, 15) is 22.4 Å². The van der Waals surface area contributed by atoms with Crippen LogP contribution in [0.3, 0.4) is 0 Å². The highest BCUT2D eigenvalue weighted by Gasteiger charge is 2.31. The number of hydrogen-bond donors (Lipinski definition) is 1. The number of carbonyl (C=O) groups is 1. The summed E-state index contributed by atoms with van der Waals surface area (Å²) in [6.45, 7) is 0. The highest BCUT2D eigenvalue weighted by Crippen LogP contribution is 2.33. The fourth-order valence-corrected chi connectivity index (χ4v) is 2.40. The highest BCUT2D eigenvalue weighted by atomic mass is 19.4. The third-order valence-electron chi connectivity index (χ3n) is 3.41. The van der Waals surface area contributed by atoms with Crippen LogP contribution in [0.2, 0.25) is 0 Å². The maximum atomic E-state index is 14.4. The number of alkyl halides is 3. The van der Waals surface area contributed by atoms with E-state index in [2.05, 4.69) is 19.4 Å². The molecule has 0 aliphatic rings. The summed E-state index contributed by atoms with van der Waals surface area (Å²) in [5, 5.41) is 0. The number of methoxy groups -OCH3 is 1. The molecule has 0 amide bonds. The lowest BCUT2D eigenvalue weighted by molar-refractivity contribution is -0.274. The van der Waals surface area contributed by atoms with Gasteiger partial charge in [0.15, 0.2) is 0 Å². The molecule has 1 N–H and O–H groups in total. The minimum Gasteiger partial charge on any atom is -0.465 e. The lowest BCUT2D eigenvalue weighted by Crippen LogP contribution is -2.17. The first kappa shape index (κ1) is 16.7. The third kappa shape index (κ3) is 3.39. The number of aromatic nitrogens is 2. The number of benzene rings is 2. The van der Waals surface area contributed by atoms with E-state index in [-0.39, 0.29) is 16.7 Å². The average Bonchev–Trinajstić information content (AvgIpc) is 3.00. The van der Waals surface area contributed by atoms with Crippen LogP contribution in [0.1, 0.15) is 10.4 Å². The van der Waals surface area contributed by atoms with Crippen molar-refractivity contribution in [1.82, 2.24) is 9.97 Å². The number of ether oxygens (including phenoxy) is 2. The van der Waals surface area contributed by atoms with Crippen molar-refractivity contribution in [2.75, 3.05) is 7.11 Å². The van der Waals surface area contributed by atoms with Crippen molar-refractivity contribution in [1.29, 1.82) is 0 Å². The molecule has 25 heavy (non-hydrogen) atoms. The van der Waals surface area contributed by atoms with Gasteiger partial charge in [0.25, 0.3) is 0 Å². The van der Waals surface area contributed by atoms with Gasteiger partial charge in [0.05, 0.1) is 30.0 Å². The van der Waals surface area contributed by atoms with Crippen LogP contribution >= 0.6 is 0 Å². The Hall–Kier alpha value is -3.10. The summed E-state index contributed by atoms with van der Waals surface area (Å²) in [7, 11) is 1.20. The van der Waals surface area contributed by atoms with Gasteiger partial charge in [0, 0.05) is 17.2 Å². The number of nitrogens with zero attached hydrogens (tertiary/aromatic N) is 1. The summed E-state index contributed by atoms with van der Waals surface area (Å²) in [4.78, 5) is 18.6. The zero-order valence-corrected chi connectivity index (χ0v) is 12.6. The van der Waals surface area contributed by atoms with E-state index in [1.165, 1.54) is 25.6 Å². The second-order valence-electron chi connectivity index (χ2n) is 5.00. The Bertz CT molecular complexity index is 950. The number of imidazole rings is 1. The van der Waals surface area contributed by atoms with Gasteiger partial charge >= 0.3 is 12.3 Å². The van der Waals surface area contributed by atoms with Gasteiger partial charge < -0.3 is 14.5 Å². The Morgan fingerprint density at radius 2 is 1.92 bits per heavy atom. The highest BCUT2D eigenvalue weighted by molar-refractivity contribution is 6.00. The quantitative estimate of drug-likeness (QED) is 0.569. The number of halogens is 4. The van der Waals surface area contributed by atoms with E-state index in [0.29, 0.717) is 17.1 Å². The van der Waals surface area contributed by atoms with Crippen LogP contribution in [-0.4, -0.2) is 29.4 Å². The molecule has 3 aromatic rings. The van der Waals surface area contributed by atoms with E-state index in [1.54, 1.807) is 0 Å². The number of rotatable bonds is 3. The van der Waals surface area contributed by atoms with E-state index >= 15 is 0 Å². The fraction of sp³-hybridized carbons (Fsp3) is 0.125. The first-order chi connectivity index (χ1) is 11.8. The second-order valence-corrected chi connectivity index (χ2v) is 5.00. The number of carbonyl (C=O) groups excluding carboxylic acids is 1. The summed E-state index contributed by atoms with van der Waals surface area (Å²) >= 11 is 0. The zero-order chi connectivity index (χ0) is 18.2. The summed E-state index contributed by atoms with van der Waals surface area (Å²) in [6.07, 6.45) is -3.57. The molecule has 0 bridgehead atoms. The number of aromatic amines is 1. The second kappa shape index (κ2) is 6.08. The van der Waals surface area contributed by atoms with Gasteiger partial charge in [-0.15, -0.1) is 13.2 Å². The van der Waals surface area contributed by atoms with Gasteiger partial charge in [-0.05, 0) is 24.3 Å². The SMILES string of the molecule is COC(=O)c1cc(-c2ccc(OC(F)(F)F)cc2F)c2nc[nH]c2c1. The molecule has 0 aliphatic carbocycles. The normalized spacial score (nSPS) is 11.6. The molecule has 2 aromatic carbocycles. The maximum Gasteiger partial charge on any atom is 0.573 e. The molecule has 0 aliphatic heterocycles. The average molecular weight is 354 g/mol. The van der Waals surface area contributed by atoms with Gasteiger partial charge in [-0.3, -0.25) is 0 Å². The molecule has 0 unspecified atom stereocenters. The van der Waals surface area contributed by atoms with Crippen molar-refractivity contribution >= 4 is 17.0 Å². The Balaban J connectivity index is 2.12. The lowest BCUT2D eigenvalue weighted by Gasteiger charge is -2.11. The Kier molecular flexibility index (Phi) is 4.07. The van der Waals surface area contributed by atoms with Gasteiger partial charge in [0.1, 0.15) is 11.6 Å². The van der Waals surface area contributed by atoms with Crippen molar-refractivity contribution < 1.29 is 31.8 Å². The van der Waals surface area contributed by atoms with Crippen molar-refractivity contribution in [3.05, 3.63) is 48.0 Å². The van der Waals surface area contributed by atoms with E-state index in [0.717, 1.165) is 12.1 Å². The molecule has 1 aromatic heterocycles. The monoisotopic (exact) mass is 354 g/mol. The summed E-state index contributed by atoms with van der Waals surface area (Å²) < 4.78 is 59.4. The minimum absolute atomic E-state index is 0.0302. The van der Waals surface area contributed by atoms with Crippen LogP contribution in [-0.2, 0) is 4.74 Å². The van der Waals surface area contributed by atoms with Gasteiger partial charge in [-0.2, -0.15) is 0 Å². The Morgan fingerprint density at radius 3 is 2.56 bits per heavy atom. The number of fused-ring (bicyclic) bond motifs is 1. The van der Waals surface area contributed by atoms with Gasteiger partial charge in [0.2, 0.25) is 0 Å². The first-order valence-electron chi connectivity index (χ1n) is 6.89. The molecular weight excluding hydrogens is 344 g/mol. The summed E-state index contributed by atoms with van der Waals surface area (Å²) in [5.41, 5.74) is 1.15. The predicted molar refractivity (Wildman–Crippen MR) is 79.5 cm³/mol. The van der Waals surface area contributed by atoms with E-state index in [1.807, 2.05) is 0 Å². The third-order valence-corrected chi connectivity index (χ3v) is 3.41. The van der Waals surface area contributed by atoms with Crippen LogP contribution in [0, 0.1) is 5.82 Å². The standard InChI is InChI=1S/C16H10F4N2O3/c1-24-15(23)8-4-11(14-13(5-8)21-7-22-14)10-3-2-9(6-12(10)17)25-16(18,19)20/h2-7H,1H3,(H,21,22). The van der Waals surface area contributed by atoms with Crippen LogP contribution < -0.4 is 4.74 Å². The Labute approximate surface area is 138 Å². The van der Waals surface area contributed by atoms with Crippen LogP contribution in [0.4, 0.5) is 17.6 Å². The van der Waals surface area contributed by atoms with E-state index < -0.39 is 23.9 Å². The smallest absolute Gasteiger partial charge is 0.465 e. The van der Waals surface area contributed by atoms with Crippen molar-refractivity contribution in [2.45, 2.75) is 6.36 Å². The van der Waals surface area contributed by atoms with Crippen LogP contribution in [0.15, 0.2) is 36.7 Å². The maximum absolute atomic E-state index is 14.4. The molecule has 9 heteroatoms. The number of nitrogens with one attached hydrogen (secondary N) is 1. The molecule has 1 heterocycles. The first-order valence-corrected chi connectivity index (χ1v) is 6.89. The van der Waals surface area contributed by atoms with Crippen LogP contribution in [0.25, 0.3) is 22.2 Å². The molecule has 0 saturated carbocycles. The minimum atomic E-state index is -4.92. The molecule has 0 fully saturated rings. The molecule has 0 saturated heterocycles. The molecule has 0 radical (unpaired) electrons. The van der Waals surface area contributed by atoms with Crippen molar-refractivity contribution in [2.24, 2.45) is 0 Å². The van der Waals surface area contributed by atoms with Crippen LogP contribution in [0.5, 0.6) is 5.75 Å². The lowest BCUT2D eigenvalue weighted by atomic mass is 10.0. The largest absolute Gasteiger partial charge is 0.573 e. The predicted octanol–water partition coefficient (Wildman–Crippen LogP) is 4.05. The molecule has 0 spiro atoms. The van der Waals surface area contributed by atoms with Crippen molar-refractivity contribution in [3.8, 4) is 16.9 Å². The summed E-state index contributed by atoms with van der Waals surface area (Å²) in [5.74, 6) is -2.28. The molecule has 0 atom stereocenters. The van der Waals surface area contributed by atoms with Crippen molar-refractivity contribution in [3.63, 3.8) is 0 Å². The number of hydrogen-bond acceptors (Lipinski definition) is 4. The zero-order valence-electron chi connectivity index (χ0n) is 12.6. The molecule has 3 rings (SSSR count). The number of H-pyrrole nitrogens is 1. The fourth-order valence-electron chi connectivity index (χ4n) is 2.40. The topological polar surface area (TPSA) is 64.2 Å². The molecular formula is C16H10F4N2O3. The Morgan fingerprint density at radius 1 is 1.16 bits per heavy atom. The van der Waals surface area contributed by atoms with Gasteiger partial charge in [-0.25, -0.2) is 14.2 Å². The van der Waals surface area contributed by atoms with Gasteiger partial charge in [-0.1, -0.05) is 0 Å². The van der Waals surface area contributed by atoms with E-state index in [4.69, 9.17) is 0 Å². The molecule has 5 nitrogen and oxygen atoms in total. The summed E-state index contributed by atoms with van der Waals surface area (Å²) in [6, 6.07) is 5.57. The number of esters is 1.